The third kappa shape index (κ3) is 5.09. The molecule has 0 radical (unpaired) electrons. The predicted molar refractivity (Wildman–Crippen MR) is 155 cm³/mol. The molecule has 1 aliphatic carbocycles. The molecule has 8 heteroatoms. The van der Waals surface area contributed by atoms with Gasteiger partial charge in [-0.1, -0.05) is 42.6 Å². The Hall–Kier alpha value is -3.55. The van der Waals surface area contributed by atoms with Crippen LogP contribution in [0.1, 0.15) is 43.2 Å². The molecule has 1 aliphatic heterocycles. The normalized spacial score (nSPS) is 17.9. The zero-order valence-corrected chi connectivity index (χ0v) is 23.2. The summed E-state index contributed by atoms with van der Waals surface area (Å²) in [5.41, 5.74) is 4.42. The van der Waals surface area contributed by atoms with Crippen LogP contribution in [-0.4, -0.2) is 39.7 Å². The fourth-order valence-electron chi connectivity index (χ4n) is 5.70. The van der Waals surface area contributed by atoms with Crippen LogP contribution >= 0.6 is 22.9 Å². The number of aromatic nitrogens is 1. The summed E-state index contributed by atoms with van der Waals surface area (Å²) in [5.74, 6) is -0.742. The van der Waals surface area contributed by atoms with Gasteiger partial charge in [0.25, 0.3) is 5.91 Å². The highest BCUT2D eigenvalue weighted by Crippen LogP contribution is 2.35. The molecular weight excluding hydrogens is 530 g/mol. The second-order valence-corrected chi connectivity index (χ2v) is 11.8. The third-order valence-electron chi connectivity index (χ3n) is 7.65. The molecule has 198 valence electrons. The number of halogens is 1. The Labute approximate surface area is 236 Å². The zero-order valence-electron chi connectivity index (χ0n) is 21.6. The van der Waals surface area contributed by atoms with E-state index >= 15 is 0 Å². The summed E-state index contributed by atoms with van der Waals surface area (Å²) in [6.07, 6.45) is 3.89. The van der Waals surface area contributed by atoms with Crippen molar-refractivity contribution >= 4 is 56.6 Å². The number of anilines is 1. The van der Waals surface area contributed by atoms with Crippen molar-refractivity contribution in [1.29, 1.82) is 0 Å². The van der Waals surface area contributed by atoms with E-state index in [9.17, 15) is 14.4 Å². The number of carbonyl (C=O) groups excluding carboxylic acids is 3. The van der Waals surface area contributed by atoms with Gasteiger partial charge in [0.2, 0.25) is 11.8 Å². The molecule has 6 rings (SSSR count). The van der Waals surface area contributed by atoms with E-state index in [1.807, 2.05) is 36.4 Å². The summed E-state index contributed by atoms with van der Waals surface area (Å²) in [7, 11) is 0. The van der Waals surface area contributed by atoms with Gasteiger partial charge in [-0.25, -0.2) is 9.88 Å². The average Bonchev–Trinajstić information content (AvgIpc) is 3.66. The van der Waals surface area contributed by atoms with Gasteiger partial charge in [0.05, 0.1) is 28.7 Å². The predicted octanol–water partition coefficient (Wildman–Crippen LogP) is 6.57. The summed E-state index contributed by atoms with van der Waals surface area (Å²) >= 11 is 7.63. The molecule has 6 nitrogen and oxygen atoms in total. The molecule has 1 unspecified atom stereocenters. The van der Waals surface area contributed by atoms with Crippen molar-refractivity contribution in [3.05, 3.63) is 82.9 Å². The molecule has 3 aromatic carbocycles. The molecule has 1 aromatic heterocycles. The van der Waals surface area contributed by atoms with Crippen LogP contribution in [0, 0.1) is 6.92 Å². The van der Waals surface area contributed by atoms with Gasteiger partial charge in [-0.15, -0.1) is 11.3 Å². The Morgan fingerprint density at radius 3 is 2.46 bits per heavy atom. The van der Waals surface area contributed by atoms with E-state index in [-0.39, 0.29) is 36.6 Å². The lowest BCUT2D eigenvalue weighted by Crippen LogP contribution is -2.50. The highest BCUT2D eigenvalue weighted by atomic mass is 35.5. The number of fused-ring (bicyclic) bond motifs is 1. The summed E-state index contributed by atoms with van der Waals surface area (Å²) in [6, 6.07) is 19.9. The Morgan fingerprint density at radius 2 is 1.74 bits per heavy atom. The molecule has 0 bridgehead atoms. The van der Waals surface area contributed by atoms with Crippen molar-refractivity contribution in [3.8, 4) is 10.6 Å². The fourth-order valence-corrected chi connectivity index (χ4v) is 6.89. The maximum atomic E-state index is 13.7. The topological polar surface area (TPSA) is 70.6 Å². The number of aryl methyl sites for hydroxylation is 1. The van der Waals surface area contributed by atoms with Crippen molar-refractivity contribution in [3.63, 3.8) is 0 Å². The standard InChI is InChI=1S/C31H28ClN3O3S/c1-19-6-15-25-27(16-19)39-30(33-25)21-9-13-24(14-10-21)35-29(37)18-26(31(35)38)34(23-4-2-3-5-23)28(36)17-20-7-11-22(32)12-8-20/h6-16,23,26H,2-5,17-18H2,1H3. The van der Waals surface area contributed by atoms with Crippen molar-refractivity contribution in [2.24, 2.45) is 0 Å². The minimum Gasteiger partial charge on any atom is -0.327 e. The van der Waals surface area contributed by atoms with Gasteiger partial charge in [0.15, 0.2) is 0 Å². The quantitative estimate of drug-likeness (QED) is 0.251. The molecule has 3 amide bonds. The SMILES string of the molecule is Cc1ccc2nc(-c3ccc(N4C(=O)CC(N(C(=O)Cc5ccc(Cl)cc5)C5CCCC5)C4=O)cc3)sc2c1. The monoisotopic (exact) mass is 557 g/mol. The first-order chi connectivity index (χ1) is 18.9. The summed E-state index contributed by atoms with van der Waals surface area (Å²) in [6.45, 7) is 2.06. The molecule has 4 aromatic rings. The van der Waals surface area contributed by atoms with E-state index in [0.717, 1.165) is 52.0 Å². The minimum atomic E-state index is -0.785. The van der Waals surface area contributed by atoms with E-state index in [2.05, 4.69) is 13.0 Å². The van der Waals surface area contributed by atoms with E-state index < -0.39 is 6.04 Å². The molecule has 2 aliphatic rings. The molecule has 1 atom stereocenters. The highest BCUT2D eigenvalue weighted by Gasteiger charge is 2.46. The van der Waals surface area contributed by atoms with Crippen LogP contribution in [-0.2, 0) is 20.8 Å². The van der Waals surface area contributed by atoms with E-state index in [1.54, 1.807) is 40.5 Å². The second kappa shape index (κ2) is 10.5. The number of thiazole rings is 1. The highest BCUT2D eigenvalue weighted by molar-refractivity contribution is 7.21. The minimum absolute atomic E-state index is 0.000658. The molecule has 2 heterocycles. The average molecular weight is 558 g/mol. The van der Waals surface area contributed by atoms with E-state index in [0.29, 0.717) is 10.7 Å². The number of hydrogen-bond donors (Lipinski definition) is 0. The maximum Gasteiger partial charge on any atom is 0.257 e. The van der Waals surface area contributed by atoms with Gasteiger partial charge >= 0.3 is 0 Å². The van der Waals surface area contributed by atoms with Crippen LogP contribution in [0.15, 0.2) is 66.7 Å². The van der Waals surface area contributed by atoms with Gasteiger partial charge in [0, 0.05) is 16.6 Å². The smallest absolute Gasteiger partial charge is 0.257 e. The van der Waals surface area contributed by atoms with Crippen molar-refractivity contribution in [2.45, 2.75) is 57.5 Å². The number of carbonyl (C=O) groups is 3. The first kappa shape index (κ1) is 25.7. The zero-order chi connectivity index (χ0) is 27.1. The van der Waals surface area contributed by atoms with Gasteiger partial charge in [0.1, 0.15) is 11.0 Å². The van der Waals surface area contributed by atoms with Crippen LogP contribution in [0.4, 0.5) is 5.69 Å². The van der Waals surface area contributed by atoms with E-state index in [1.165, 1.54) is 10.5 Å². The summed E-state index contributed by atoms with van der Waals surface area (Å²) in [5, 5.41) is 1.50. The van der Waals surface area contributed by atoms with Crippen LogP contribution in [0.5, 0.6) is 0 Å². The van der Waals surface area contributed by atoms with E-state index in [4.69, 9.17) is 16.6 Å². The van der Waals surface area contributed by atoms with Gasteiger partial charge in [-0.05, 0) is 79.4 Å². The lowest BCUT2D eigenvalue weighted by molar-refractivity contribution is -0.140. The van der Waals surface area contributed by atoms with Crippen molar-refractivity contribution in [2.75, 3.05) is 4.90 Å². The first-order valence-corrected chi connectivity index (χ1v) is 14.5. The molecule has 1 saturated carbocycles. The second-order valence-electron chi connectivity index (χ2n) is 10.4. The molecule has 39 heavy (non-hydrogen) atoms. The molecule has 2 fully saturated rings. The third-order valence-corrected chi connectivity index (χ3v) is 8.97. The van der Waals surface area contributed by atoms with Crippen molar-refractivity contribution < 1.29 is 14.4 Å². The fraction of sp³-hybridized carbons (Fsp3) is 0.290. The van der Waals surface area contributed by atoms with Crippen LogP contribution in [0.2, 0.25) is 5.02 Å². The number of hydrogen-bond acceptors (Lipinski definition) is 5. The van der Waals surface area contributed by atoms with Gasteiger partial charge in [-0.2, -0.15) is 0 Å². The number of benzene rings is 3. The molecule has 1 saturated heterocycles. The lowest BCUT2D eigenvalue weighted by atomic mass is 10.1. The first-order valence-electron chi connectivity index (χ1n) is 13.3. The van der Waals surface area contributed by atoms with Gasteiger partial charge < -0.3 is 4.90 Å². The van der Waals surface area contributed by atoms with Crippen LogP contribution in [0.25, 0.3) is 20.8 Å². The lowest BCUT2D eigenvalue weighted by Gasteiger charge is -2.33. The maximum absolute atomic E-state index is 13.7. The number of imide groups is 1. The number of nitrogens with zero attached hydrogens (tertiary/aromatic N) is 3. The molecule has 0 N–H and O–H groups in total. The summed E-state index contributed by atoms with van der Waals surface area (Å²) in [4.78, 5) is 48.1. The Balaban J connectivity index is 1.24. The van der Waals surface area contributed by atoms with Crippen molar-refractivity contribution in [1.82, 2.24) is 9.88 Å². The Morgan fingerprint density at radius 1 is 1.03 bits per heavy atom. The summed E-state index contributed by atoms with van der Waals surface area (Å²) < 4.78 is 1.12. The number of amides is 3. The number of rotatable bonds is 6. The largest absolute Gasteiger partial charge is 0.327 e. The Bertz CT molecular complexity index is 1560. The molecule has 0 spiro atoms. The molecular formula is C31H28ClN3O3S. The van der Waals surface area contributed by atoms with Gasteiger partial charge in [-0.3, -0.25) is 14.4 Å². The Kier molecular flexibility index (Phi) is 6.95. The van der Waals surface area contributed by atoms with Crippen LogP contribution in [0.3, 0.4) is 0 Å². The van der Waals surface area contributed by atoms with Crippen LogP contribution < -0.4 is 4.90 Å².